The van der Waals surface area contributed by atoms with E-state index in [1.54, 1.807) is 12.1 Å². The first kappa shape index (κ1) is 15.4. The van der Waals surface area contributed by atoms with Gasteiger partial charge in [-0.15, -0.1) is 0 Å². The van der Waals surface area contributed by atoms with Crippen molar-refractivity contribution in [3.05, 3.63) is 22.7 Å². The second-order valence-electron chi connectivity index (χ2n) is 3.96. The Morgan fingerprint density at radius 3 is 2.67 bits per heavy atom. The van der Waals surface area contributed by atoms with Crippen LogP contribution < -0.4 is 15.2 Å². The lowest BCUT2D eigenvalue weighted by Gasteiger charge is -2.10. The summed E-state index contributed by atoms with van der Waals surface area (Å²) < 4.78 is 32.0. The molecule has 0 heterocycles. The number of halogens is 1. The Morgan fingerprint density at radius 1 is 1.50 bits per heavy atom. The van der Waals surface area contributed by atoms with Crippen LogP contribution in [-0.2, 0) is 10.0 Å². The molecule has 1 aromatic carbocycles. The summed E-state index contributed by atoms with van der Waals surface area (Å²) >= 11 is 3.22. The maximum atomic E-state index is 12.0. The molecule has 0 bridgehead atoms. The van der Waals surface area contributed by atoms with Crippen molar-refractivity contribution >= 4 is 26.0 Å². The molecule has 0 radical (unpaired) electrons. The highest BCUT2D eigenvalue weighted by molar-refractivity contribution is 9.10. The lowest BCUT2D eigenvalue weighted by molar-refractivity contribution is 0.414. The Hall–Kier alpha value is -0.630. The van der Waals surface area contributed by atoms with Crippen molar-refractivity contribution in [1.82, 2.24) is 4.72 Å². The minimum absolute atomic E-state index is 0.0352. The number of nitrogens with two attached hydrogens (primary N) is 1. The maximum Gasteiger partial charge on any atom is 0.241 e. The number of nitrogens with one attached hydrogen (secondary N) is 1. The zero-order valence-electron chi connectivity index (χ0n) is 10.3. The Morgan fingerprint density at radius 2 is 2.17 bits per heavy atom. The molecular formula is C11H17BrN2O3S. The van der Waals surface area contributed by atoms with Crippen molar-refractivity contribution in [3.63, 3.8) is 0 Å². The molecule has 0 amide bonds. The zero-order chi connectivity index (χ0) is 13.8. The third-order valence-electron chi connectivity index (χ3n) is 2.32. The summed E-state index contributed by atoms with van der Waals surface area (Å²) in [4.78, 5) is 0.188. The van der Waals surface area contributed by atoms with Crippen molar-refractivity contribution in [3.8, 4) is 5.75 Å². The van der Waals surface area contributed by atoms with Crippen LogP contribution >= 0.6 is 15.9 Å². The third kappa shape index (κ3) is 4.24. The SMILES string of the molecule is COc1ccc(S(=O)(=O)NCCC(C)N)c(Br)c1. The van der Waals surface area contributed by atoms with Gasteiger partial charge in [0.15, 0.2) is 0 Å². The number of methoxy groups -OCH3 is 1. The van der Waals surface area contributed by atoms with Gasteiger partial charge in [-0.3, -0.25) is 0 Å². The second-order valence-corrected chi connectivity index (χ2v) is 6.55. The lowest BCUT2D eigenvalue weighted by Crippen LogP contribution is -2.29. The van der Waals surface area contributed by atoms with Gasteiger partial charge in [-0.2, -0.15) is 0 Å². The monoisotopic (exact) mass is 336 g/mol. The van der Waals surface area contributed by atoms with Gasteiger partial charge in [0.25, 0.3) is 0 Å². The first-order valence-corrected chi connectivity index (χ1v) is 7.73. The van der Waals surface area contributed by atoms with E-state index < -0.39 is 10.0 Å². The van der Waals surface area contributed by atoms with Gasteiger partial charge < -0.3 is 10.5 Å². The molecule has 5 nitrogen and oxygen atoms in total. The number of hydrogen-bond acceptors (Lipinski definition) is 4. The van der Waals surface area contributed by atoms with Gasteiger partial charge >= 0.3 is 0 Å². The molecule has 0 saturated heterocycles. The molecule has 0 fully saturated rings. The normalized spacial score (nSPS) is 13.3. The fourth-order valence-corrected chi connectivity index (χ4v) is 3.43. The maximum absolute atomic E-state index is 12.0. The van der Waals surface area contributed by atoms with E-state index in [0.717, 1.165) is 0 Å². The summed E-state index contributed by atoms with van der Waals surface area (Å²) in [6, 6.07) is 4.68. The smallest absolute Gasteiger partial charge is 0.241 e. The molecule has 0 saturated carbocycles. The van der Waals surface area contributed by atoms with Crippen LogP contribution in [0.15, 0.2) is 27.6 Å². The third-order valence-corrected chi connectivity index (χ3v) is 4.76. The second kappa shape index (κ2) is 6.51. The summed E-state index contributed by atoms with van der Waals surface area (Å²) in [5.41, 5.74) is 5.57. The standard InChI is InChI=1S/C11H17BrN2O3S/c1-8(13)5-6-14-18(15,16)11-4-3-9(17-2)7-10(11)12/h3-4,7-8,14H,5-6,13H2,1-2H3. The summed E-state index contributed by atoms with van der Waals surface area (Å²) in [5.74, 6) is 0.594. The predicted octanol–water partition coefficient (Wildman–Crippen LogP) is 1.47. The average molecular weight is 337 g/mol. The highest BCUT2D eigenvalue weighted by Gasteiger charge is 2.17. The van der Waals surface area contributed by atoms with Crippen molar-refractivity contribution in [1.29, 1.82) is 0 Å². The van der Waals surface area contributed by atoms with Crippen molar-refractivity contribution in [2.75, 3.05) is 13.7 Å². The summed E-state index contributed by atoms with van der Waals surface area (Å²) in [7, 11) is -1.99. The highest BCUT2D eigenvalue weighted by Crippen LogP contribution is 2.26. The number of sulfonamides is 1. The largest absolute Gasteiger partial charge is 0.497 e. The van der Waals surface area contributed by atoms with E-state index in [1.165, 1.54) is 13.2 Å². The van der Waals surface area contributed by atoms with Crippen LogP contribution in [-0.4, -0.2) is 28.1 Å². The molecule has 102 valence electrons. The summed E-state index contributed by atoms with van der Waals surface area (Å²) in [6.07, 6.45) is 0.590. The minimum Gasteiger partial charge on any atom is -0.497 e. The number of rotatable bonds is 6. The number of ether oxygens (including phenoxy) is 1. The number of benzene rings is 1. The van der Waals surface area contributed by atoms with Crippen molar-refractivity contribution in [2.24, 2.45) is 5.73 Å². The fourth-order valence-electron chi connectivity index (χ4n) is 1.33. The van der Waals surface area contributed by atoms with Crippen LogP contribution in [0.5, 0.6) is 5.75 Å². The highest BCUT2D eigenvalue weighted by atomic mass is 79.9. The predicted molar refractivity (Wildman–Crippen MR) is 74.1 cm³/mol. The minimum atomic E-state index is -3.52. The molecular weight excluding hydrogens is 320 g/mol. The zero-order valence-corrected chi connectivity index (χ0v) is 12.7. The van der Waals surface area contributed by atoms with Crippen LogP contribution in [0.1, 0.15) is 13.3 Å². The average Bonchev–Trinajstić information content (AvgIpc) is 2.27. The van der Waals surface area contributed by atoms with Gasteiger partial charge in [0, 0.05) is 17.1 Å². The first-order valence-electron chi connectivity index (χ1n) is 5.45. The van der Waals surface area contributed by atoms with E-state index in [4.69, 9.17) is 10.5 Å². The topological polar surface area (TPSA) is 81.4 Å². The van der Waals surface area contributed by atoms with Crippen LogP contribution in [0.3, 0.4) is 0 Å². The molecule has 0 aromatic heterocycles. The van der Waals surface area contributed by atoms with Gasteiger partial charge in [-0.1, -0.05) is 0 Å². The molecule has 3 N–H and O–H groups in total. The lowest BCUT2D eigenvalue weighted by atomic mass is 10.3. The molecule has 0 spiro atoms. The van der Waals surface area contributed by atoms with E-state index in [-0.39, 0.29) is 10.9 Å². The molecule has 1 aromatic rings. The summed E-state index contributed by atoms with van der Waals surface area (Å²) in [6.45, 7) is 2.15. The van der Waals surface area contributed by atoms with E-state index in [1.807, 2.05) is 6.92 Å². The molecule has 0 aliphatic carbocycles. The molecule has 0 aliphatic heterocycles. The fraction of sp³-hybridized carbons (Fsp3) is 0.455. The Bertz CT molecular complexity index is 503. The molecule has 1 atom stereocenters. The molecule has 1 rings (SSSR count). The Labute approximate surface area is 116 Å². The van der Waals surface area contributed by atoms with Gasteiger partial charge in [0.1, 0.15) is 5.75 Å². The van der Waals surface area contributed by atoms with Crippen LogP contribution in [0.2, 0.25) is 0 Å². The van der Waals surface area contributed by atoms with E-state index in [2.05, 4.69) is 20.7 Å². The molecule has 0 aliphatic rings. The Kier molecular flexibility index (Phi) is 5.58. The van der Waals surface area contributed by atoms with Gasteiger partial charge in [0.05, 0.1) is 12.0 Å². The Balaban J connectivity index is 2.85. The van der Waals surface area contributed by atoms with E-state index in [9.17, 15) is 8.42 Å². The molecule has 7 heteroatoms. The summed E-state index contributed by atoms with van der Waals surface area (Å²) in [5, 5.41) is 0. The van der Waals surface area contributed by atoms with Crippen molar-refractivity contribution in [2.45, 2.75) is 24.3 Å². The number of hydrogen-bond donors (Lipinski definition) is 2. The van der Waals surface area contributed by atoms with Gasteiger partial charge in [-0.05, 0) is 47.5 Å². The van der Waals surface area contributed by atoms with E-state index >= 15 is 0 Å². The van der Waals surface area contributed by atoms with Gasteiger partial charge in [0.2, 0.25) is 10.0 Å². The van der Waals surface area contributed by atoms with Gasteiger partial charge in [-0.25, -0.2) is 13.1 Å². The van der Waals surface area contributed by atoms with Crippen LogP contribution in [0.25, 0.3) is 0 Å². The quantitative estimate of drug-likeness (QED) is 0.824. The first-order chi connectivity index (χ1) is 8.36. The van der Waals surface area contributed by atoms with Crippen LogP contribution in [0, 0.1) is 0 Å². The van der Waals surface area contributed by atoms with Crippen molar-refractivity contribution < 1.29 is 13.2 Å². The van der Waals surface area contributed by atoms with Crippen LogP contribution in [0.4, 0.5) is 0 Å². The molecule has 18 heavy (non-hydrogen) atoms. The van der Waals surface area contributed by atoms with E-state index in [0.29, 0.717) is 23.2 Å². The molecule has 1 unspecified atom stereocenters.